The highest BCUT2D eigenvalue weighted by Crippen LogP contribution is 2.14. The van der Waals surface area contributed by atoms with E-state index in [2.05, 4.69) is 14.9 Å². The van der Waals surface area contributed by atoms with Gasteiger partial charge in [-0.2, -0.15) is 5.10 Å². The fraction of sp³-hybridized carbons (Fsp3) is 0.357. The summed E-state index contributed by atoms with van der Waals surface area (Å²) in [4.78, 5) is -0.0508. The molecule has 2 aromatic rings. The first-order valence-corrected chi connectivity index (χ1v) is 8.13. The molecule has 1 aromatic heterocycles. The molecule has 0 atom stereocenters. The third kappa shape index (κ3) is 3.89. The van der Waals surface area contributed by atoms with Crippen LogP contribution in [0.5, 0.6) is 0 Å². The van der Waals surface area contributed by atoms with Gasteiger partial charge in [-0.25, -0.2) is 17.5 Å². The lowest BCUT2D eigenvalue weighted by Gasteiger charge is -2.07. The minimum atomic E-state index is -3.66. The summed E-state index contributed by atoms with van der Waals surface area (Å²) in [6.07, 6.45) is 3.11. The van der Waals surface area contributed by atoms with Gasteiger partial charge in [0, 0.05) is 12.2 Å². The molecule has 2 N–H and O–H groups in total. The average molecular weight is 311 g/mol. The van der Waals surface area contributed by atoms with Crippen molar-refractivity contribution >= 4 is 10.0 Å². The Morgan fingerprint density at radius 2 is 2.10 bits per heavy atom. The van der Waals surface area contributed by atoms with Gasteiger partial charge >= 0.3 is 0 Å². The summed E-state index contributed by atoms with van der Waals surface area (Å²) in [5.74, 6) is -0.521. The molecule has 2 rings (SSSR count). The van der Waals surface area contributed by atoms with Gasteiger partial charge in [-0.1, -0.05) is 6.07 Å². The van der Waals surface area contributed by atoms with Gasteiger partial charge in [0.05, 0.1) is 11.1 Å². The van der Waals surface area contributed by atoms with E-state index in [9.17, 15) is 12.8 Å². The Labute approximate surface area is 123 Å². The third-order valence-electron chi connectivity index (χ3n) is 3.30. The van der Waals surface area contributed by atoms with Crippen LogP contribution in [0.25, 0.3) is 0 Å². The molecule has 5 nitrogen and oxygen atoms in total. The van der Waals surface area contributed by atoms with E-state index >= 15 is 0 Å². The second-order valence-electron chi connectivity index (χ2n) is 4.93. The molecule has 0 aliphatic carbocycles. The van der Waals surface area contributed by atoms with E-state index in [-0.39, 0.29) is 4.90 Å². The first kappa shape index (κ1) is 15.7. The molecule has 0 radical (unpaired) electrons. The van der Waals surface area contributed by atoms with Crippen LogP contribution in [-0.2, 0) is 16.4 Å². The monoisotopic (exact) mass is 311 g/mol. The lowest BCUT2D eigenvalue weighted by atomic mass is 10.1. The van der Waals surface area contributed by atoms with E-state index in [4.69, 9.17) is 0 Å². The zero-order valence-electron chi connectivity index (χ0n) is 12.0. The van der Waals surface area contributed by atoms with Crippen molar-refractivity contribution in [2.45, 2.75) is 31.6 Å². The fourth-order valence-corrected chi connectivity index (χ4v) is 3.02. The molecular weight excluding hydrogens is 293 g/mol. The zero-order valence-corrected chi connectivity index (χ0v) is 12.8. The van der Waals surface area contributed by atoms with Crippen LogP contribution in [0.4, 0.5) is 4.39 Å². The SMILES string of the molecule is Cc1ccc(S(=O)(=O)NCCCc2cn[nH]c2C)cc1F. The Kier molecular flexibility index (Phi) is 4.74. The Morgan fingerprint density at radius 3 is 2.71 bits per heavy atom. The van der Waals surface area contributed by atoms with Gasteiger partial charge in [0.2, 0.25) is 10.0 Å². The van der Waals surface area contributed by atoms with Gasteiger partial charge in [-0.15, -0.1) is 0 Å². The van der Waals surface area contributed by atoms with Crippen molar-refractivity contribution in [3.05, 3.63) is 47.0 Å². The molecule has 114 valence electrons. The van der Waals surface area contributed by atoms with Gasteiger partial charge in [-0.05, 0) is 49.9 Å². The molecule has 0 saturated heterocycles. The van der Waals surface area contributed by atoms with E-state index in [0.29, 0.717) is 18.5 Å². The third-order valence-corrected chi connectivity index (χ3v) is 4.76. The molecule has 0 bridgehead atoms. The molecule has 0 fully saturated rings. The van der Waals surface area contributed by atoms with Crippen molar-refractivity contribution in [3.8, 4) is 0 Å². The molecular formula is C14H18FN3O2S. The highest BCUT2D eigenvalue weighted by molar-refractivity contribution is 7.89. The number of hydrogen-bond donors (Lipinski definition) is 2. The van der Waals surface area contributed by atoms with Crippen LogP contribution in [0, 0.1) is 19.7 Å². The molecule has 0 spiro atoms. The van der Waals surface area contributed by atoms with E-state index in [1.165, 1.54) is 12.1 Å². The van der Waals surface area contributed by atoms with Crippen molar-refractivity contribution in [2.75, 3.05) is 6.54 Å². The second-order valence-corrected chi connectivity index (χ2v) is 6.70. The van der Waals surface area contributed by atoms with Crippen LogP contribution in [-0.4, -0.2) is 25.2 Å². The summed E-state index contributed by atoms with van der Waals surface area (Å²) >= 11 is 0. The number of halogens is 1. The van der Waals surface area contributed by atoms with Crippen LogP contribution in [0.1, 0.15) is 23.2 Å². The van der Waals surface area contributed by atoms with Crippen molar-refractivity contribution < 1.29 is 12.8 Å². The maximum atomic E-state index is 13.4. The summed E-state index contributed by atoms with van der Waals surface area (Å²) in [5, 5.41) is 6.74. The molecule has 0 amide bonds. The average Bonchev–Trinajstić information content (AvgIpc) is 2.83. The Balaban J connectivity index is 1.92. The van der Waals surface area contributed by atoms with Crippen molar-refractivity contribution in [1.29, 1.82) is 0 Å². The van der Waals surface area contributed by atoms with Crippen LogP contribution in [0.3, 0.4) is 0 Å². The minimum absolute atomic E-state index is 0.0508. The van der Waals surface area contributed by atoms with Crippen molar-refractivity contribution in [1.82, 2.24) is 14.9 Å². The topological polar surface area (TPSA) is 74.8 Å². The maximum absolute atomic E-state index is 13.4. The van der Waals surface area contributed by atoms with Crippen LogP contribution >= 0.6 is 0 Å². The number of aryl methyl sites for hydroxylation is 3. The van der Waals surface area contributed by atoms with Crippen molar-refractivity contribution in [2.24, 2.45) is 0 Å². The van der Waals surface area contributed by atoms with Crippen LogP contribution in [0.2, 0.25) is 0 Å². The van der Waals surface area contributed by atoms with Gasteiger partial charge < -0.3 is 0 Å². The van der Waals surface area contributed by atoms with E-state index < -0.39 is 15.8 Å². The number of nitrogens with one attached hydrogen (secondary N) is 2. The van der Waals surface area contributed by atoms with E-state index in [1.54, 1.807) is 13.1 Å². The molecule has 0 unspecified atom stereocenters. The minimum Gasteiger partial charge on any atom is -0.283 e. The van der Waals surface area contributed by atoms with Gasteiger partial charge in [0.1, 0.15) is 5.82 Å². The number of benzene rings is 1. The quantitative estimate of drug-likeness (QED) is 0.802. The number of aromatic nitrogens is 2. The first-order chi connectivity index (χ1) is 9.90. The molecule has 0 aliphatic heterocycles. The molecule has 21 heavy (non-hydrogen) atoms. The highest BCUT2D eigenvalue weighted by Gasteiger charge is 2.14. The van der Waals surface area contributed by atoms with Gasteiger partial charge in [0.15, 0.2) is 0 Å². The van der Waals surface area contributed by atoms with E-state index in [1.807, 2.05) is 6.92 Å². The summed E-state index contributed by atoms with van der Waals surface area (Å²) in [6, 6.07) is 3.90. The highest BCUT2D eigenvalue weighted by atomic mass is 32.2. The summed E-state index contributed by atoms with van der Waals surface area (Å²) in [7, 11) is -3.66. The number of sulfonamides is 1. The van der Waals surface area contributed by atoms with Crippen molar-refractivity contribution in [3.63, 3.8) is 0 Å². The van der Waals surface area contributed by atoms with Crippen LogP contribution < -0.4 is 4.72 Å². The Hall–Kier alpha value is -1.73. The lowest BCUT2D eigenvalue weighted by Crippen LogP contribution is -2.25. The Morgan fingerprint density at radius 1 is 1.33 bits per heavy atom. The van der Waals surface area contributed by atoms with Gasteiger partial charge in [-0.3, -0.25) is 5.10 Å². The van der Waals surface area contributed by atoms with Crippen LogP contribution in [0.15, 0.2) is 29.3 Å². The zero-order chi connectivity index (χ0) is 15.5. The molecule has 1 heterocycles. The second kappa shape index (κ2) is 6.36. The summed E-state index contributed by atoms with van der Waals surface area (Å²) in [5.41, 5.74) is 2.47. The fourth-order valence-electron chi connectivity index (χ4n) is 1.94. The largest absolute Gasteiger partial charge is 0.283 e. The number of aromatic amines is 1. The molecule has 7 heteroatoms. The van der Waals surface area contributed by atoms with Gasteiger partial charge in [0.25, 0.3) is 0 Å². The number of H-pyrrole nitrogens is 1. The normalized spacial score (nSPS) is 11.8. The number of rotatable bonds is 6. The molecule has 0 aliphatic rings. The number of hydrogen-bond acceptors (Lipinski definition) is 3. The Bertz CT molecular complexity index is 726. The standard InChI is InChI=1S/C14H18FN3O2S/c1-10-5-6-13(8-14(10)15)21(19,20)17-7-3-4-12-9-16-18-11(12)2/h5-6,8-9,17H,3-4,7H2,1-2H3,(H,16,18). The summed E-state index contributed by atoms with van der Waals surface area (Å²) in [6.45, 7) is 3.80. The number of nitrogens with zero attached hydrogens (tertiary/aromatic N) is 1. The molecule has 1 aromatic carbocycles. The molecule has 0 saturated carbocycles. The van der Waals surface area contributed by atoms with E-state index in [0.717, 1.165) is 23.7 Å². The summed E-state index contributed by atoms with van der Waals surface area (Å²) < 4.78 is 40.0. The first-order valence-electron chi connectivity index (χ1n) is 6.65. The smallest absolute Gasteiger partial charge is 0.240 e. The maximum Gasteiger partial charge on any atom is 0.240 e. The lowest BCUT2D eigenvalue weighted by molar-refractivity contribution is 0.574. The predicted molar refractivity (Wildman–Crippen MR) is 78.0 cm³/mol. The predicted octanol–water partition coefficient (Wildman–Crippen LogP) is 2.08.